The van der Waals surface area contributed by atoms with Gasteiger partial charge < -0.3 is 4.84 Å². The zero-order valence-corrected chi connectivity index (χ0v) is 5.92. The lowest BCUT2D eigenvalue weighted by atomic mass is 10.3. The third-order valence-electron chi connectivity index (χ3n) is 1.52. The molecule has 1 aliphatic heterocycles. The van der Waals surface area contributed by atoms with Crippen molar-refractivity contribution < 1.29 is 4.84 Å². The highest BCUT2D eigenvalue weighted by Crippen LogP contribution is 2.05. The van der Waals surface area contributed by atoms with Crippen LogP contribution in [0, 0.1) is 0 Å². The van der Waals surface area contributed by atoms with Gasteiger partial charge in [-0.15, -0.1) is 5.10 Å². The van der Waals surface area contributed by atoms with Crippen molar-refractivity contribution >= 4 is 6.21 Å². The van der Waals surface area contributed by atoms with Crippen LogP contribution < -0.4 is 0 Å². The minimum absolute atomic E-state index is 0.136. The maximum atomic E-state index is 5.01. The molecule has 0 spiro atoms. The molecule has 0 saturated carbocycles. The summed E-state index contributed by atoms with van der Waals surface area (Å²) in [6, 6.07) is 0. The van der Waals surface area contributed by atoms with Crippen LogP contribution in [0.2, 0.25) is 0 Å². The van der Waals surface area contributed by atoms with Gasteiger partial charge in [0.15, 0.2) is 6.10 Å². The van der Waals surface area contributed by atoms with Crippen LogP contribution in [-0.2, 0) is 11.4 Å². The summed E-state index contributed by atoms with van der Waals surface area (Å²) in [4.78, 5) is 5.01. The molecule has 0 N–H and O–H groups in total. The topological polar surface area (TPSA) is 52.3 Å². The number of rotatable bonds is 2. The van der Waals surface area contributed by atoms with Gasteiger partial charge in [-0.3, -0.25) is 0 Å². The second kappa shape index (κ2) is 2.69. The van der Waals surface area contributed by atoms with E-state index in [0.29, 0.717) is 0 Å². The Hall–Kier alpha value is -1.39. The van der Waals surface area contributed by atoms with E-state index in [0.717, 1.165) is 13.0 Å². The minimum Gasteiger partial charge on any atom is -0.390 e. The summed E-state index contributed by atoms with van der Waals surface area (Å²) in [5.74, 6) is 0. The van der Waals surface area contributed by atoms with Gasteiger partial charge in [0.05, 0.1) is 12.7 Å². The van der Waals surface area contributed by atoms with Crippen LogP contribution in [0.25, 0.3) is 0 Å². The van der Waals surface area contributed by atoms with Crippen molar-refractivity contribution in [3.8, 4) is 0 Å². The van der Waals surface area contributed by atoms with Gasteiger partial charge in [-0.1, -0.05) is 10.4 Å². The summed E-state index contributed by atoms with van der Waals surface area (Å²) in [6.07, 6.45) is 6.22. The second-order valence-electron chi connectivity index (χ2n) is 2.38. The van der Waals surface area contributed by atoms with E-state index in [1.54, 1.807) is 17.1 Å². The van der Waals surface area contributed by atoms with Crippen LogP contribution in [0.5, 0.6) is 0 Å². The summed E-state index contributed by atoms with van der Waals surface area (Å²) in [5, 5.41) is 11.2. The molecule has 11 heavy (non-hydrogen) atoms. The van der Waals surface area contributed by atoms with E-state index in [1.807, 2.05) is 6.20 Å². The Labute approximate surface area is 63.6 Å². The average molecular weight is 152 g/mol. The fourth-order valence-electron chi connectivity index (χ4n) is 0.979. The fraction of sp³-hybridized carbons (Fsp3) is 0.500. The summed E-state index contributed by atoms with van der Waals surface area (Å²) in [5.41, 5.74) is 0. The highest BCUT2D eigenvalue weighted by molar-refractivity contribution is 5.58. The zero-order chi connectivity index (χ0) is 7.52. The SMILES string of the molecule is C1=NOC(Cn2ccnn2)C1. The van der Waals surface area contributed by atoms with Crippen molar-refractivity contribution in [1.82, 2.24) is 15.0 Å². The van der Waals surface area contributed by atoms with E-state index in [2.05, 4.69) is 15.5 Å². The van der Waals surface area contributed by atoms with E-state index >= 15 is 0 Å². The molecule has 0 bridgehead atoms. The first-order valence-electron chi connectivity index (χ1n) is 3.47. The number of aromatic nitrogens is 3. The van der Waals surface area contributed by atoms with Crippen LogP contribution in [0.4, 0.5) is 0 Å². The molecule has 1 aromatic rings. The summed E-state index contributed by atoms with van der Waals surface area (Å²) >= 11 is 0. The van der Waals surface area contributed by atoms with Crippen molar-refractivity contribution in [2.75, 3.05) is 0 Å². The first-order chi connectivity index (χ1) is 5.45. The van der Waals surface area contributed by atoms with Crippen molar-refractivity contribution in [2.24, 2.45) is 5.16 Å². The normalized spacial score (nSPS) is 22.0. The molecule has 58 valence electrons. The Kier molecular flexibility index (Phi) is 1.55. The maximum absolute atomic E-state index is 5.01. The molecule has 0 saturated heterocycles. The molecule has 0 amide bonds. The lowest BCUT2D eigenvalue weighted by molar-refractivity contribution is 0.0694. The van der Waals surface area contributed by atoms with E-state index in [-0.39, 0.29) is 6.10 Å². The van der Waals surface area contributed by atoms with E-state index in [1.165, 1.54) is 0 Å². The molecule has 0 aliphatic carbocycles. The lowest BCUT2D eigenvalue weighted by Crippen LogP contribution is -2.15. The third kappa shape index (κ3) is 1.36. The van der Waals surface area contributed by atoms with Crippen LogP contribution >= 0.6 is 0 Å². The molecule has 1 aromatic heterocycles. The number of hydrogen-bond donors (Lipinski definition) is 0. The molecule has 2 heterocycles. The van der Waals surface area contributed by atoms with Gasteiger partial charge in [-0.05, 0) is 0 Å². The molecule has 2 rings (SSSR count). The number of oxime groups is 1. The monoisotopic (exact) mass is 152 g/mol. The molecule has 1 atom stereocenters. The number of hydrogen-bond acceptors (Lipinski definition) is 4. The molecule has 1 aliphatic rings. The predicted molar refractivity (Wildman–Crippen MR) is 38.0 cm³/mol. The number of nitrogens with zero attached hydrogens (tertiary/aromatic N) is 4. The van der Waals surface area contributed by atoms with Crippen molar-refractivity contribution in [2.45, 2.75) is 19.1 Å². The maximum Gasteiger partial charge on any atom is 0.152 e. The molecular weight excluding hydrogens is 144 g/mol. The van der Waals surface area contributed by atoms with Gasteiger partial charge >= 0.3 is 0 Å². The molecule has 0 radical (unpaired) electrons. The molecule has 5 nitrogen and oxygen atoms in total. The Balaban J connectivity index is 1.91. The average Bonchev–Trinajstić information content (AvgIpc) is 2.60. The Bertz CT molecular complexity index is 235. The summed E-state index contributed by atoms with van der Waals surface area (Å²) in [7, 11) is 0. The van der Waals surface area contributed by atoms with Crippen LogP contribution in [0.1, 0.15) is 6.42 Å². The first kappa shape index (κ1) is 6.33. The van der Waals surface area contributed by atoms with Gasteiger partial charge in [0, 0.05) is 18.8 Å². The molecule has 5 heteroatoms. The molecule has 1 unspecified atom stereocenters. The van der Waals surface area contributed by atoms with Gasteiger partial charge in [0.25, 0.3) is 0 Å². The van der Waals surface area contributed by atoms with Crippen molar-refractivity contribution in [3.05, 3.63) is 12.4 Å². The summed E-state index contributed by atoms with van der Waals surface area (Å²) < 4.78 is 1.74. The largest absolute Gasteiger partial charge is 0.390 e. The highest BCUT2D eigenvalue weighted by Gasteiger charge is 2.13. The van der Waals surface area contributed by atoms with Gasteiger partial charge in [0.2, 0.25) is 0 Å². The molecule has 0 aromatic carbocycles. The molecular formula is C6H8N4O. The predicted octanol–water partition coefficient (Wildman–Crippen LogP) is 0.0528. The van der Waals surface area contributed by atoms with E-state index < -0.39 is 0 Å². The quantitative estimate of drug-likeness (QED) is 0.601. The Morgan fingerprint density at radius 2 is 2.64 bits per heavy atom. The van der Waals surface area contributed by atoms with Crippen molar-refractivity contribution in [3.63, 3.8) is 0 Å². The van der Waals surface area contributed by atoms with Gasteiger partial charge in [-0.2, -0.15) is 0 Å². The minimum atomic E-state index is 0.136. The fourth-order valence-corrected chi connectivity index (χ4v) is 0.979. The summed E-state index contributed by atoms with van der Waals surface area (Å²) in [6.45, 7) is 0.722. The smallest absolute Gasteiger partial charge is 0.152 e. The van der Waals surface area contributed by atoms with E-state index in [4.69, 9.17) is 4.84 Å². The zero-order valence-electron chi connectivity index (χ0n) is 5.92. The van der Waals surface area contributed by atoms with Gasteiger partial charge in [-0.25, -0.2) is 4.68 Å². The Morgan fingerprint density at radius 1 is 1.64 bits per heavy atom. The standard InChI is InChI=1S/C6H8N4O/c1-2-8-11-6(1)5-10-4-3-7-9-10/h2-4,6H,1,5H2. The first-order valence-corrected chi connectivity index (χ1v) is 3.47. The molecule has 0 fully saturated rings. The van der Waals surface area contributed by atoms with Crippen LogP contribution in [0.3, 0.4) is 0 Å². The van der Waals surface area contributed by atoms with Crippen LogP contribution in [-0.4, -0.2) is 27.3 Å². The second-order valence-corrected chi connectivity index (χ2v) is 2.38. The van der Waals surface area contributed by atoms with Gasteiger partial charge in [0.1, 0.15) is 0 Å². The third-order valence-corrected chi connectivity index (χ3v) is 1.52. The highest BCUT2D eigenvalue weighted by atomic mass is 16.6. The van der Waals surface area contributed by atoms with E-state index in [9.17, 15) is 0 Å². The Morgan fingerprint density at radius 3 is 3.27 bits per heavy atom. The lowest BCUT2D eigenvalue weighted by Gasteiger charge is -2.05. The van der Waals surface area contributed by atoms with Crippen molar-refractivity contribution in [1.29, 1.82) is 0 Å². The van der Waals surface area contributed by atoms with Crippen LogP contribution in [0.15, 0.2) is 17.5 Å².